The highest BCUT2D eigenvalue weighted by Gasteiger charge is 2.19. The van der Waals surface area contributed by atoms with Crippen molar-refractivity contribution in [1.82, 2.24) is 20.1 Å². The van der Waals surface area contributed by atoms with E-state index in [-0.39, 0.29) is 23.1 Å². The summed E-state index contributed by atoms with van der Waals surface area (Å²) in [5.41, 5.74) is 2.13. The third-order valence-electron chi connectivity index (χ3n) is 4.69. The van der Waals surface area contributed by atoms with Gasteiger partial charge < -0.3 is 5.32 Å². The van der Waals surface area contributed by atoms with Crippen LogP contribution in [0.2, 0.25) is 0 Å². The Morgan fingerprint density at radius 1 is 1.20 bits per heavy atom. The lowest BCUT2D eigenvalue weighted by atomic mass is 10.1. The van der Waals surface area contributed by atoms with Gasteiger partial charge in [-0.25, -0.2) is 9.07 Å². The monoisotopic (exact) mass is 425 g/mol. The predicted octanol–water partition coefficient (Wildman–Crippen LogP) is 1.74. The average Bonchev–Trinajstić information content (AvgIpc) is 3.18. The summed E-state index contributed by atoms with van der Waals surface area (Å²) in [4.78, 5) is 21.2. The molecule has 1 amide bonds. The molecule has 8 nitrogen and oxygen atoms in total. The number of amides is 1. The van der Waals surface area contributed by atoms with Crippen LogP contribution >= 0.6 is 0 Å². The van der Waals surface area contributed by atoms with Gasteiger partial charge in [0.25, 0.3) is 5.91 Å². The van der Waals surface area contributed by atoms with E-state index in [1.165, 1.54) is 24.4 Å². The van der Waals surface area contributed by atoms with Crippen LogP contribution in [0.15, 0.2) is 59.5 Å². The molecule has 0 aliphatic carbocycles. The van der Waals surface area contributed by atoms with Gasteiger partial charge in [0.1, 0.15) is 5.82 Å². The average molecular weight is 425 g/mol. The van der Waals surface area contributed by atoms with Gasteiger partial charge in [0.2, 0.25) is 10.3 Å². The van der Waals surface area contributed by atoms with Crippen molar-refractivity contribution in [2.75, 3.05) is 6.54 Å². The number of carbonyl (C=O) groups is 1. The molecule has 152 valence electrons. The number of aromatic nitrogens is 3. The van der Waals surface area contributed by atoms with Crippen LogP contribution in [0.4, 0.5) is 4.39 Å². The topological polar surface area (TPSA) is 106 Å². The minimum atomic E-state index is -2.35. The molecule has 1 aliphatic heterocycles. The summed E-state index contributed by atoms with van der Waals surface area (Å²) >= 11 is 0. The molecule has 2 aromatic heterocycles. The first-order valence-corrected chi connectivity index (χ1v) is 10.1. The number of hydrogen-bond acceptors (Lipinski definition) is 6. The van der Waals surface area contributed by atoms with Gasteiger partial charge in [-0.2, -0.15) is 13.5 Å². The third-order valence-corrected chi connectivity index (χ3v) is 5.36. The highest BCUT2D eigenvalue weighted by atomic mass is 32.2. The minimum Gasteiger partial charge on any atom is -0.345 e. The van der Waals surface area contributed by atoms with Crippen molar-refractivity contribution < 1.29 is 17.6 Å². The largest absolute Gasteiger partial charge is 0.345 e. The van der Waals surface area contributed by atoms with Crippen LogP contribution in [0.25, 0.3) is 16.6 Å². The number of rotatable bonds is 4. The van der Waals surface area contributed by atoms with E-state index in [2.05, 4.69) is 20.4 Å². The van der Waals surface area contributed by atoms with Crippen molar-refractivity contribution in [2.45, 2.75) is 13.0 Å². The number of nitrogens with zero attached hydrogens (tertiary/aromatic N) is 4. The van der Waals surface area contributed by atoms with E-state index in [4.69, 9.17) is 0 Å². The van der Waals surface area contributed by atoms with Crippen LogP contribution in [0, 0.1) is 5.82 Å². The first-order chi connectivity index (χ1) is 14.4. The number of carbonyl (C=O) groups excluding carboxylic acids is 1. The zero-order valence-electron chi connectivity index (χ0n) is 15.8. The highest BCUT2D eigenvalue weighted by molar-refractivity contribution is 7.73. The molecule has 30 heavy (non-hydrogen) atoms. The van der Waals surface area contributed by atoms with Gasteiger partial charge in [-0.15, -0.1) is 0 Å². The first kappa shape index (κ1) is 19.6. The predicted molar refractivity (Wildman–Crippen MR) is 111 cm³/mol. The number of aliphatic imine (C=N–C) groups is 1. The molecule has 0 radical (unpaired) electrons. The van der Waals surface area contributed by atoms with E-state index < -0.39 is 16.3 Å². The van der Waals surface area contributed by atoms with E-state index >= 15 is 0 Å². The molecule has 4 rings (SSSR count). The van der Waals surface area contributed by atoms with E-state index in [0.29, 0.717) is 27.7 Å². The molecule has 1 aliphatic rings. The van der Waals surface area contributed by atoms with Gasteiger partial charge in [-0.3, -0.25) is 14.8 Å². The Labute approximate surface area is 172 Å². The van der Waals surface area contributed by atoms with Crippen LogP contribution in [-0.2, 0) is 10.3 Å². The number of nitrogens with one attached hydrogen (secondary N) is 1. The molecule has 0 spiro atoms. The lowest BCUT2D eigenvalue weighted by molar-refractivity contribution is 0.0947. The van der Waals surface area contributed by atoms with Gasteiger partial charge in [0, 0.05) is 17.8 Å². The van der Waals surface area contributed by atoms with E-state index in [1.54, 1.807) is 42.3 Å². The number of hydrogen-bond donors (Lipinski definition) is 1. The summed E-state index contributed by atoms with van der Waals surface area (Å²) in [6, 6.07) is 5.35. The molecular weight excluding hydrogens is 409 g/mol. The van der Waals surface area contributed by atoms with E-state index in [0.717, 1.165) is 0 Å². The van der Waals surface area contributed by atoms with Crippen LogP contribution < -0.4 is 5.32 Å². The molecule has 0 saturated carbocycles. The second kappa shape index (κ2) is 7.99. The van der Waals surface area contributed by atoms with Crippen molar-refractivity contribution >= 4 is 38.2 Å². The van der Waals surface area contributed by atoms with Crippen LogP contribution in [0.5, 0.6) is 0 Å². The number of halogens is 1. The van der Waals surface area contributed by atoms with Gasteiger partial charge in [0.05, 0.1) is 46.6 Å². The zero-order chi connectivity index (χ0) is 21.3. The maximum atomic E-state index is 13.2. The van der Waals surface area contributed by atoms with Crippen molar-refractivity contribution in [3.63, 3.8) is 0 Å². The number of benzene rings is 1. The minimum absolute atomic E-state index is 0.0894. The molecule has 3 aromatic rings. The van der Waals surface area contributed by atoms with Gasteiger partial charge in [-0.05, 0) is 42.8 Å². The van der Waals surface area contributed by atoms with Crippen LogP contribution in [0.3, 0.4) is 0 Å². The van der Waals surface area contributed by atoms with Gasteiger partial charge in [-0.1, -0.05) is 0 Å². The SMILES string of the molecule is C[C@H](NC(=O)c1cncc2c1cnn2-c1ccc(F)cc1)C1=CC(=S(=O)=O)CN=C1. The Morgan fingerprint density at radius 2 is 1.97 bits per heavy atom. The van der Waals surface area contributed by atoms with Crippen molar-refractivity contribution in [3.05, 3.63) is 65.9 Å². The maximum absolute atomic E-state index is 13.2. The van der Waals surface area contributed by atoms with Crippen molar-refractivity contribution in [3.8, 4) is 5.69 Å². The molecule has 0 saturated heterocycles. The molecule has 0 bridgehead atoms. The van der Waals surface area contributed by atoms with Crippen molar-refractivity contribution in [2.24, 2.45) is 4.99 Å². The number of fused-ring (bicyclic) bond motifs is 1. The second-order valence-corrected chi connectivity index (χ2v) is 7.66. The maximum Gasteiger partial charge on any atom is 0.254 e. The molecule has 0 unspecified atom stereocenters. The van der Waals surface area contributed by atoms with Gasteiger partial charge in [0.15, 0.2) is 0 Å². The summed E-state index contributed by atoms with van der Waals surface area (Å²) in [6.45, 7) is 1.83. The molecule has 1 atom stereocenters. The summed E-state index contributed by atoms with van der Waals surface area (Å²) < 4.78 is 37.1. The first-order valence-electron chi connectivity index (χ1n) is 8.99. The van der Waals surface area contributed by atoms with Crippen molar-refractivity contribution in [1.29, 1.82) is 0 Å². The normalized spacial score (nSPS) is 14.5. The lowest BCUT2D eigenvalue weighted by Crippen LogP contribution is -2.35. The van der Waals surface area contributed by atoms with Gasteiger partial charge >= 0.3 is 0 Å². The lowest BCUT2D eigenvalue weighted by Gasteiger charge is -2.17. The van der Waals surface area contributed by atoms with E-state index in [1.807, 2.05) is 0 Å². The van der Waals surface area contributed by atoms with Crippen LogP contribution in [-0.4, -0.2) is 52.8 Å². The summed E-state index contributed by atoms with van der Waals surface area (Å²) in [5, 5.41) is 7.72. The Morgan fingerprint density at radius 3 is 2.70 bits per heavy atom. The summed E-state index contributed by atoms with van der Waals surface area (Å²) in [7, 11) is -2.35. The number of pyridine rings is 1. The zero-order valence-corrected chi connectivity index (χ0v) is 16.6. The standard InChI is InChI=1S/C20H16FN5O3S/c1-12(13-6-16(30(28)29)8-22-7-13)25-20(27)18-9-23-11-19-17(18)10-24-26(19)15-4-2-14(21)3-5-15/h2-7,9-12H,8H2,1H3,(H,25,27)/t12-/m0/s1. The molecule has 10 heteroatoms. The third kappa shape index (κ3) is 3.77. The Kier molecular flexibility index (Phi) is 5.23. The summed E-state index contributed by atoms with van der Waals surface area (Å²) in [5.74, 6) is -0.743. The summed E-state index contributed by atoms with van der Waals surface area (Å²) in [6.07, 6.45) is 7.62. The molecule has 1 N–H and O–H groups in total. The molecule has 3 heterocycles. The fourth-order valence-electron chi connectivity index (χ4n) is 3.12. The molecule has 0 fully saturated rings. The Balaban J connectivity index is 1.63. The molecular formula is C20H16FN5O3S. The Hall–Kier alpha value is -3.66. The highest BCUT2D eigenvalue weighted by Crippen LogP contribution is 2.21. The molecule has 1 aromatic carbocycles. The smallest absolute Gasteiger partial charge is 0.254 e. The number of dihydropyridines is 1. The Bertz CT molecular complexity index is 1330. The quantitative estimate of drug-likeness (QED) is 0.641. The van der Waals surface area contributed by atoms with E-state index in [9.17, 15) is 17.6 Å². The van der Waals surface area contributed by atoms with Crippen LogP contribution in [0.1, 0.15) is 17.3 Å². The second-order valence-electron chi connectivity index (χ2n) is 6.66. The fourth-order valence-corrected chi connectivity index (χ4v) is 3.53. The fraction of sp³-hybridized carbons (Fsp3) is 0.150.